The summed E-state index contributed by atoms with van der Waals surface area (Å²) in [6, 6.07) is 38.9. The smallest absolute Gasteiger partial charge is 0.124 e. The van der Waals surface area contributed by atoms with E-state index in [9.17, 15) is 10.2 Å². The number of hydrogen-bond donors (Lipinski definition) is 2. The lowest BCUT2D eigenvalue weighted by molar-refractivity contribution is 0.369. The van der Waals surface area contributed by atoms with Crippen molar-refractivity contribution >= 4 is 21.5 Å². The summed E-state index contributed by atoms with van der Waals surface area (Å²) < 4.78 is 0. The van der Waals surface area contributed by atoms with E-state index in [1.165, 1.54) is 36.8 Å². The van der Waals surface area contributed by atoms with Crippen LogP contribution < -0.4 is 0 Å². The van der Waals surface area contributed by atoms with Gasteiger partial charge in [0, 0.05) is 23.0 Å². The molecule has 0 fully saturated rings. The number of hydrogen-bond acceptors (Lipinski definition) is 2. The molecule has 226 valence electrons. The highest BCUT2D eigenvalue weighted by Gasteiger charge is 2.38. The molecule has 0 aliphatic heterocycles. The van der Waals surface area contributed by atoms with Crippen molar-refractivity contribution in [2.75, 3.05) is 0 Å². The van der Waals surface area contributed by atoms with Crippen molar-refractivity contribution in [2.45, 2.75) is 51.4 Å². The van der Waals surface area contributed by atoms with Crippen LogP contribution in [0.25, 0.3) is 54.9 Å². The average Bonchev–Trinajstić information content (AvgIpc) is 3.08. The van der Waals surface area contributed by atoms with Crippen LogP contribution in [0.15, 0.2) is 120 Å². The first-order valence-electron chi connectivity index (χ1n) is 16.9. The Morgan fingerprint density at radius 1 is 0.435 bits per heavy atom. The second kappa shape index (κ2) is 10.4. The first-order chi connectivity index (χ1) is 22.4. The minimum atomic E-state index is 0.163. The van der Waals surface area contributed by atoms with Crippen LogP contribution in [0.5, 0.6) is 11.5 Å². The Morgan fingerprint density at radius 2 is 0.826 bits per heavy atom. The van der Waals surface area contributed by atoms with Crippen molar-refractivity contribution in [1.82, 2.24) is 0 Å². The molecule has 6 aromatic carbocycles. The largest absolute Gasteiger partial charge is 0.507 e. The van der Waals surface area contributed by atoms with Gasteiger partial charge in [0.1, 0.15) is 11.5 Å². The molecular formula is C44H38O2. The van der Waals surface area contributed by atoms with E-state index in [1.54, 1.807) is 23.3 Å². The van der Waals surface area contributed by atoms with Gasteiger partial charge >= 0.3 is 0 Å². The maximum absolute atomic E-state index is 11.4. The Bertz CT molecular complexity index is 2050. The molecule has 0 saturated carbocycles. The van der Waals surface area contributed by atoms with E-state index < -0.39 is 0 Å². The maximum Gasteiger partial charge on any atom is 0.124 e. The van der Waals surface area contributed by atoms with Crippen LogP contribution in [0, 0.1) is 11.8 Å². The SMILES string of the molecule is CC1CCC2C3=C1C(C)CCC3c1ccc(cc1)-c1ccc3ccc(O)c(c3c1)-c1c(O)ccc3ccc(cc13)-c1ccc2cc1. The quantitative estimate of drug-likeness (QED) is 0.171. The standard InChI is InChI=1S/C44H38O2/c1-25-3-19-35-29-9-5-27(6-10-29)33-15-13-31-17-21-39(45)43(37(31)23-33)44-38-24-34(16-14-32(38)18-22-40(44)46)28-7-11-30(12-8-28)36-20-4-26(2)41(25)42(35)36/h5-18,21-26,35-36,45-46H,3-4,19-20H2,1-2H3. The molecule has 5 aliphatic rings. The molecule has 2 nitrogen and oxygen atoms in total. The number of allylic oxidation sites excluding steroid dienone is 2. The van der Waals surface area contributed by atoms with Gasteiger partial charge in [-0.3, -0.25) is 0 Å². The molecule has 5 aliphatic carbocycles. The summed E-state index contributed by atoms with van der Waals surface area (Å²) in [4.78, 5) is 0. The first kappa shape index (κ1) is 27.5. The lowest BCUT2D eigenvalue weighted by Gasteiger charge is -2.43. The topological polar surface area (TPSA) is 40.5 Å². The van der Waals surface area contributed by atoms with Crippen LogP contribution in [0.1, 0.15) is 62.5 Å². The number of phenols is 2. The second-order valence-electron chi connectivity index (χ2n) is 14.0. The third kappa shape index (κ3) is 4.16. The molecule has 6 aromatic rings. The number of aromatic hydroxyl groups is 2. The van der Waals surface area contributed by atoms with E-state index in [1.807, 2.05) is 12.1 Å². The number of benzene rings is 6. The highest BCUT2D eigenvalue weighted by Crippen LogP contribution is 2.54. The Labute approximate surface area is 270 Å². The molecule has 0 radical (unpaired) electrons. The predicted octanol–water partition coefficient (Wildman–Crippen LogP) is 11.7. The highest BCUT2D eigenvalue weighted by molar-refractivity contribution is 6.11. The van der Waals surface area contributed by atoms with E-state index >= 15 is 0 Å². The Hall–Kier alpha value is -4.82. The third-order valence-electron chi connectivity index (χ3n) is 11.5. The fourth-order valence-corrected chi connectivity index (χ4v) is 9.16. The van der Waals surface area contributed by atoms with E-state index in [-0.39, 0.29) is 11.5 Å². The number of fused-ring (bicyclic) bond motifs is 2. The van der Waals surface area contributed by atoms with Gasteiger partial charge in [-0.05, 0) is 117 Å². The molecule has 2 N–H and O–H groups in total. The molecule has 0 amide bonds. The van der Waals surface area contributed by atoms with Crippen LogP contribution in [0.3, 0.4) is 0 Å². The Kier molecular flexibility index (Phi) is 6.19. The van der Waals surface area contributed by atoms with Gasteiger partial charge in [0.05, 0.1) is 0 Å². The molecule has 4 atom stereocenters. The van der Waals surface area contributed by atoms with Gasteiger partial charge in [-0.25, -0.2) is 0 Å². The van der Waals surface area contributed by atoms with Crippen molar-refractivity contribution in [3.8, 4) is 44.9 Å². The van der Waals surface area contributed by atoms with Gasteiger partial charge in [0.25, 0.3) is 0 Å². The van der Waals surface area contributed by atoms with E-state index in [4.69, 9.17) is 0 Å². The second-order valence-corrected chi connectivity index (χ2v) is 14.0. The fourth-order valence-electron chi connectivity index (χ4n) is 9.16. The van der Waals surface area contributed by atoms with Crippen LogP contribution in [0.4, 0.5) is 0 Å². The molecular weight excluding hydrogens is 560 g/mol. The Balaban J connectivity index is 1.35. The van der Waals surface area contributed by atoms with Crippen molar-refractivity contribution in [2.24, 2.45) is 11.8 Å². The summed E-state index contributed by atoms with van der Waals surface area (Å²) in [5.41, 5.74) is 12.1. The first-order valence-corrected chi connectivity index (χ1v) is 16.9. The molecule has 8 bridgehead atoms. The van der Waals surface area contributed by atoms with Crippen LogP contribution in [-0.2, 0) is 0 Å². The summed E-state index contributed by atoms with van der Waals surface area (Å²) >= 11 is 0. The monoisotopic (exact) mass is 598 g/mol. The third-order valence-corrected chi connectivity index (χ3v) is 11.5. The fraction of sp³-hybridized carbons (Fsp3) is 0.227. The van der Waals surface area contributed by atoms with Crippen molar-refractivity contribution in [3.63, 3.8) is 0 Å². The molecule has 4 unspecified atom stereocenters. The minimum Gasteiger partial charge on any atom is -0.507 e. The van der Waals surface area contributed by atoms with Gasteiger partial charge in [0.2, 0.25) is 0 Å². The molecule has 2 heteroatoms. The van der Waals surface area contributed by atoms with E-state index in [0.717, 1.165) is 43.8 Å². The normalized spacial score (nSPS) is 21.9. The zero-order valence-corrected chi connectivity index (χ0v) is 26.4. The zero-order chi connectivity index (χ0) is 31.1. The summed E-state index contributed by atoms with van der Waals surface area (Å²) in [5, 5.41) is 26.7. The van der Waals surface area contributed by atoms with Crippen molar-refractivity contribution in [3.05, 3.63) is 131 Å². The summed E-state index contributed by atoms with van der Waals surface area (Å²) in [6.07, 6.45) is 4.88. The van der Waals surface area contributed by atoms with E-state index in [2.05, 4.69) is 98.8 Å². The van der Waals surface area contributed by atoms with Gasteiger partial charge in [-0.15, -0.1) is 0 Å². The van der Waals surface area contributed by atoms with Crippen LogP contribution in [0.2, 0.25) is 0 Å². The summed E-state index contributed by atoms with van der Waals surface area (Å²) in [7, 11) is 0. The molecule has 0 saturated heterocycles. The van der Waals surface area contributed by atoms with Gasteiger partial charge < -0.3 is 10.2 Å². The Morgan fingerprint density at radius 3 is 1.26 bits per heavy atom. The molecule has 0 heterocycles. The highest BCUT2D eigenvalue weighted by atomic mass is 16.3. The molecule has 11 rings (SSSR count). The molecule has 0 aromatic heterocycles. The lowest BCUT2D eigenvalue weighted by atomic mass is 9.61. The zero-order valence-electron chi connectivity index (χ0n) is 26.4. The van der Waals surface area contributed by atoms with Crippen LogP contribution in [-0.4, -0.2) is 10.2 Å². The van der Waals surface area contributed by atoms with Crippen molar-refractivity contribution in [1.29, 1.82) is 0 Å². The summed E-state index contributed by atoms with van der Waals surface area (Å²) in [6.45, 7) is 4.91. The molecule has 46 heavy (non-hydrogen) atoms. The van der Waals surface area contributed by atoms with Gasteiger partial charge in [0.15, 0.2) is 0 Å². The van der Waals surface area contributed by atoms with Gasteiger partial charge in [-0.1, -0.05) is 110 Å². The predicted molar refractivity (Wildman–Crippen MR) is 190 cm³/mol. The lowest BCUT2D eigenvalue weighted by Crippen LogP contribution is -2.28. The number of rotatable bonds is 0. The number of phenolic OH excluding ortho intramolecular Hbond substituents is 2. The van der Waals surface area contributed by atoms with Crippen molar-refractivity contribution < 1.29 is 10.2 Å². The summed E-state index contributed by atoms with van der Waals surface area (Å²) in [5.74, 6) is 2.47. The van der Waals surface area contributed by atoms with Gasteiger partial charge in [-0.2, -0.15) is 0 Å². The molecule has 0 spiro atoms. The maximum atomic E-state index is 11.4. The van der Waals surface area contributed by atoms with E-state index in [0.29, 0.717) is 34.8 Å². The minimum absolute atomic E-state index is 0.163. The van der Waals surface area contributed by atoms with Crippen LogP contribution >= 0.6 is 0 Å². The average molecular weight is 599 g/mol.